The molecule has 0 aromatic rings. The average Bonchev–Trinajstić information content (AvgIpc) is 2.36. The fraction of sp³-hybridized carbons (Fsp3) is 0.583. The molecule has 2 rings (SSSR count). The van der Waals surface area contributed by atoms with E-state index in [1.54, 1.807) is 13.2 Å². The van der Waals surface area contributed by atoms with Crippen LogP contribution in [0.3, 0.4) is 0 Å². The normalized spacial score (nSPS) is 24.4. The van der Waals surface area contributed by atoms with E-state index in [2.05, 4.69) is 4.74 Å². The Bertz CT molecular complexity index is 354. The van der Waals surface area contributed by atoms with Crippen molar-refractivity contribution in [3.05, 3.63) is 23.0 Å². The van der Waals surface area contributed by atoms with Gasteiger partial charge >= 0.3 is 5.97 Å². The maximum absolute atomic E-state index is 11.4. The predicted octanol–water partition coefficient (Wildman–Crippen LogP) is 1.92. The number of hydrogen-bond acceptors (Lipinski definition) is 4. The molecule has 0 radical (unpaired) electrons. The smallest absolute Gasteiger partial charge is 0.373 e. The highest BCUT2D eigenvalue weighted by molar-refractivity contribution is 5.87. The predicted molar refractivity (Wildman–Crippen MR) is 57.5 cm³/mol. The minimum atomic E-state index is -0.445. The number of methoxy groups -OCH3 is 2. The first kappa shape index (κ1) is 11.2. The zero-order chi connectivity index (χ0) is 11.5. The van der Waals surface area contributed by atoms with E-state index in [-0.39, 0.29) is 5.76 Å². The Labute approximate surface area is 94.9 Å². The van der Waals surface area contributed by atoms with Gasteiger partial charge in [-0.25, -0.2) is 4.79 Å². The first-order chi connectivity index (χ1) is 7.76. The van der Waals surface area contributed by atoms with Gasteiger partial charge in [-0.05, 0) is 37.3 Å². The second-order valence-electron chi connectivity index (χ2n) is 3.94. The third-order valence-corrected chi connectivity index (χ3v) is 2.98. The first-order valence-corrected chi connectivity index (χ1v) is 5.47. The molecule has 1 aliphatic carbocycles. The highest BCUT2D eigenvalue weighted by atomic mass is 16.7. The monoisotopic (exact) mass is 224 g/mol. The van der Waals surface area contributed by atoms with Crippen LogP contribution in [0.2, 0.25) is 0 Å². The molecule has 0 spiro atoms. The standard InChI is InChI=1S/C12H16O4/c1-14-11(13)10-7-8-5-3-4-6-9(8)12(15-2)16-10/h7,12H,3-6H2,1-2H3. The van der Waals surface area contributed by atoms with Crippen LogP contribution in [0.25, 0.3) is 0 Å². The number of rotatable bonds is 2. The summed E-state index contributed by atoms with van der Waals surface area (Å²) in [6.45, 7) is 0. The van der Waals surface area contributed by atoms with Crippen LogP contribution in [0, 0.1) is 0 Å². The Kier molecular flexibility index (Phi) is 3.29. The van der Waals surface area contributed by atoms with Crippen molar-refractivity contribution in [3.63, 3.8) is 0 Å². The van der Waals surface area contributed by atoms with Crippen molar-refractivity contribution in [2.75, 3.05) is 14.2 Å². The molecule has 1 aliphatic heterocycles. The summed E-state index contributed by atoms with van der Waals surface area (Å²) in [5, 5.41) is 0. The summed E-state index contributed by atoms with van der Waals surface area (Å²) in [5.74, 6) is -0.200. The van der Waals surface area contributed by atoms with Crippen molar-refractivity contribution in [2.45, 2.75) is 32.0 Å². The van der Waals surface area contributed by atoms with Crippen LogP contribution in [0.5, 0.6) is 0 Å². The number of hydrogen-bond donors (Lipinski definition) is 0. The van der Waals surface area contributed by atoms with Gasteiger partial charge in [0, 0.05) is 12.7 Å². The lowest BCUT2D eigenvalue weighted by atomic mass is 9.89. The molecular weight excluding hydrogens is 208 g/mol. The highest BCUT2D eigenvalue weighted by Crippen LogP contribution is 2.34. The van der Waals surface area contributed by atoms with Crippen LogP contribution in [0.4, 0.5) is 0 Å². The van der Waals surface area contributed by atoms with Gasteiger partial charge in [0.2, 0.25) is 12.0 Å². The van der Waals surface area contributed by atoms with E-state index in [1.165, 1.54) is 18.3 Å². The van der Waals surface area contributed by atoms with E-state index in [9.17, 15) is 4.79 Å². The van der Waals surface area contributed by atoms with Gasteiger partial charge in [-0.1, -0.05) is 0 Å². The van der Waals surface area contributed by atoms with Crippen LogP contribution < -0.4 is 0 Å². The quantitative estimate of drug-likeness (QED) is 0.672. The molecule has 16 heavy (non-hydrogen) atoms. The van der Waals surface area contributed by atoms with Crippen LogP contribution in [-0.2, 0) is 19.0 Å². The zero-order valence-corrected chi connectivity index (χ0v) is 9.62. The summed E-state index contributed by atoms with van der Waals surface area (Å²) < 4.78 is 15.4. The molecular formula is C12H16O4. The Hall–Kier alpha value is -1.29. The van der Waals surface area contributed by atoms with Gasteiger partial charge in [-0.3, -0.25) is 0 Å². The Morgan fingerprint density at radius 3 is 2.81 bits per heavy atom. The molecule has 0 fully saturated rings. The summed E-state index contributed by atoms with van der Waals surface area (Å²) in [4.78, 5) is 11.4. The van der Waals surface area contributed by atoms with Crippen molar-refractivity contribution in [2.24, 2.45) is 0 Å². The van der Waals surface area contributed by atoms with E-state index in [0.29, 0.717) is 0 Å². The summed E-state index contributed by atoms with van der Waals surface area (Å²) >= 11 is 0. The van der Waals surface area contributed by atoms with Crippen molar-refractivity contribution >= 4 is 5.97 Å². The molecule has 2 aliphatic rings. The van der Waals surface area contributed by atoms with Crippen LogP contribution in [-0.4, -0.2) is 26.5 Å². The average molecular weight is 224 g/mol. The second kappa shape index (κ2) is 4.70. The van der Waals surface area contributed by atoms with Crippen LogP contribution >= 0.6 is 0 Å². The molecule has 1 unspecified atom stereocenters. The Morgan fingerprint density at radius 1 is 1.38 bits per heavy atom. The van der Waals surface area contributed by atoms with E-state index in [0.717, 1.165) is 25.7 Å². The molecule has 0 amide bonds. The molecule has 0 aromatic heterocycles. The number of ether oxygens (including phenoxy) is 3. The molecule has 4 nitrogen and oxygen atoms in total. The molecule has 1 heterocycles. The van der Waals surface area contributed by atoms with Gasteiger partial charge in [0.25, 0.3) is 0 Å². The van der Waals surface area contributed by atoms with Crippen molar-refractivity contribution in [3.8, 4) is 0 Å². The third kappa shape index (κ3) is 1.97. The largest absolute Gasteiger partial charge is 0.463 e. The van der Waals surface area contributed by atoms with Crippen LogP contribution in [0.1, 0.15) is 25.7 Å². The Morgan fingerprint density at radius 2 is 2.12 bits per heavy atom. The second-order valence-corrected chi connectivity index (χ2v) is 3.94. The molecule has 4 heteroatoms. The van der Waals surface area contributed by atoms with Crippen molar-refractivity contribution in [1.82, 2.24) is 0 Å². The van der Waals surface area contributed by atoms with Gasteiger partial charge in [0.05, 0.1) is 7.11 Å². The maximum atomic E-state index is 11.4. The maximum Gasteiger partial charge on any atom is 0.373 e. The number of allylic oxidation sites excluding steroid dienone is 2. The van der Waals surface area contributed by atoms with E-state index >= 15 is 0 Å². The zero-order valence-electron chi connectivity index (χ0n) is 9.62. The topological polar surface area (TPSA) is 44.8 Å². The highest BCUT2D eigenvalue weighted by Gasteiger charge is 2.29. The fourth-order valence-electron chi connectivity index (χ4n) is 2.16. The van der Waals surface area contributed by atoms with Crippen molar-refractivity contribution in [1.29, 1.82) is 0 Å². The number of esters is 1. The molecule has 88 valence electrons. The van der Waals surface area contributed by atoms with Gasteiger partial charge in [0.1, 0.15) is 0 Å². The molecule has 0 saturated heterocycles. The molecule has 0 aromatic carbocycles. The molecule has 0 bridgehead atoms. The minimum Gasteiger partial charge on any atom is -0.463 e. The lowest BCUT2D eigenvalue weighted by Crippen LogP contribution is -2.27. The van der Waals surface area contributed by atoms with Gasteiger partial charge in [-0.15, -0.1) is 0 Å². The SMILES string of the molecule is COC(=O)C1=CC2=C(CCCC2)C(OC)O1. The Balaban J connectivity index is 2.29. The third-order valence-electron chi connectivity index (χ3n) is 2.98. The van der Waals surface area contributed by atoms with E-state index in [1.807, 2.05) is 0 Å². The van der Waals surface area contributed by atoms with Gasteiger partial charge < -0.3 is 14.2 Å². The van der Waals surface area contributed by atoms with Gasteiger partial charge in [0.15, 0.2) is 0 Å². The van der Waals surface area contributed by atoms with E-state index < -0.39 is 12.3 Å². The summed E-state index contributed by atoms with van der Waals surface area (Å²) in [5.41, 5.74) is 2.34. The molecule has 1 atom stereocenters. The summed E-state index contributed by atoms with van der Waals surface area (Å²) in [6, 6.07) is 0. The fourth-order valence-corrected chi connectivity index (χ4v) is 2.16. The minimum absolute atomic E-state index is 0.245. The number of carbonyl (C=O) groups excluding carboxylic acids is 1. The number of carbonyl (C=O) groups is 1. The lowest BCUT2D eigenvalue weighted by molar-refractivity contribution is -0.147. The van der Waals surface area contributed by atoms with Gasteiger partial charge in [-0.2, -0.15) is 0 Å². The van der Waals surface area contributed by atoms with Crippen molar-refractivity contribution < 1.29 is 19.0 Å². The van der Waals surface area contributed by atoms with E-state index in [4.69, 9.17) is 9.47 Å². The first-order valence-electron chi connectivity index (χ1n) is 5.47. The molecule has 0 N–H and O–H groups in total. The lowest BCUT2D eigenvalue weighted by Gasteiger charge is -2.30. The summed E-state index contributed by atoms with van der Waals surface area (Å²) in [6.07, 6.45) is 5.64. The molecule has 0 saturated carbocycles. The summed E-state index contributed by atoms with van der Waals surface area (Å²) in [7, 11) is 2.93. The van der Waals surface area contributed by atoms with Crippen LogP contribution in [0.15, 0.2) is 23.0 Å².